The number of aliphatic carboxylic acids is 1. The second kappa shape index (κ2) is 4.51. The average Bonchev–Trinajstić information content (AvgIpc) is 3.04. The van der Waals surface area contributed by atoms with Crippen molar-refractivity contribution >= 4 is 16.9 Å². The molecule has 1 aliphatic carbocycles. The summed E-state index contributed by atoms with van der Waals surface area (Å²) in [6.07, 6.45) is -1.72. The highest BCUT2D eigenvalue weighted by Gasteiger charge is 2.43. The van der Waals surface area contributed by atoms with Crippen LogP contribution in [0.2, 0.25) is 0 Å². The summed E-state index contributed by atoms with van der Waals surface area (Å²) < 4.78 is 38.1. The maximum atomic E-state index is 12.7. The minimum atomic E-state index is -4.43. The predicted molar refractivity (Wildman–Crippen MR) is 71.1 cm³/mol. The fraction of sp³-hybridized carbons (Fsp3) is 0.400. The van der Waals surface area contributed by atoms with Gasteiger partial charge < -0.3 is 10.1 Å². The number of nitrogens with one attached hydrogen (secondary N) is 1. The van der Waals surface area contributed by atoms with Gasteiger partial charge in [-0.3, -0.25) is 4.79 Å². The molecule has 1 fully saturated rings. The summed E-state index contributed by atoms with van der Waals surface area (Å²) in [6.45, 7) is 0. The Morgan fingerprint density at radius 3 is 2.43 bits per heavy atom. The van der Waals surface area contributed by atoms with E-state index in [1.807, 2.05) is 0 Å². The van der Waals surface area contributed by atoms with Crippen molar-refractivity contribution in [3.63, 3.8) is 0 Å². The van der Waals surface area contributed by atoms with Crippen molar-refractivity contribution in [1.29, 1.82) is 0 Å². The number of halogens is 3. The first-order chi connectivity index (χ1) is 9.83. The first-order valence-corrected chi connectivity index (χ1v) is 6.77. The van der Waals surface area contributed by atoms with Gasteiger partial charge in [-0.2, -0.15) is 13.2 Å². The van der Waals surface area contributed by atoms with Gasteiger partial charge in [-0.25, -0.2) is 0 Å². The van der Waals surface area contributed by atoms with Gasteiger partial charge >= 0.3 is 12.1 Å². The fourth-order valence-corrected chi connectivity index (χ4v) is 3.19. The lowest BCUT2D eigenvalue weighted by molar-refractivity contribution is -0.143. The largest absolute Gasteiger partial charge is 0.481 e. The number of alkyl halides is 3. The van der Waals surface area contributed by atoms with Crippen LogP contribution in [0.25, 0.3) is 10.9 Å². The Kier molecular flexibility index (Phi) is 3.00. The molecule has 0 unspecified atom stereocenters. The second-order valence-electron chi connectivity index (χ2n) is 5.58. The summed E-state index contributed by atoms with van der Waals surface area (Å²) in [5, 5.41) is 9.93. The van der Waals surface area contributed by atoms with Crippen LogP contribution >= 0.6 is 0 Å². The van der Waals surface area contributed by atoms with Gasteiger partial charge in [0.25, 0.3) is 0 Å². The Bertz CT molecular complexity index is 696. The number of carboxylic acid groups (broad SMARTS) is 1. The quantitative estimate of drug-likeness (QED) is 0.877. The summed E-state index contributed by atoms with van der Waals surface area (Å²) in [5.41, 5.74) is -0.813. The van der Waals surface area contributed by atoms with E-state index in [0.717, 1.165) is 18.9 Å². The molecule has 2 N–H and O–H groups in total. The summed E-state index contributed by atoms with van der Waals surface area (Å²) in [5.74, 6) is -0.897. The SMILES string of the molecule is O=C(O)C1(c2ccc3[nH]c(C(F)(F)F)cc3c2)CCCC1. The maximum absolute atomic E-state index is 12.7. The van der Waals surface area contributed by atoms with E-state index in [9.17, 15) is 23.1 Å². The minimum Gasteiger partial charge on any atom is -0.481 e. The van der Waals surface area contributed by atoms with E-state index in [2.05, 4.69) is 4.98 Å². The van der Waals surface area contributed by atoms with Crippen molar-refractivity contribution in [2.75, 3.05) is 0 Å². The van der Waals surface area contributed by atoms with Gasteiger partial charge in [0.15, 0.2) is 0 Å². The highest BCUT2D eigenvalue weighted by molar-refractivity contribution is 5.86. The molecule has 0 bridgehead atoms. The number of rotatable bonds is 2. The Balaban J connectivity index is 2.10. The Morgan fingerprint density at radius 1 is 1.19 bits per heavy atom. The van der Waals surface area contributed by atoms with Gasteiger partial charge in [0.05, 0.1) is 5.41 Å². The predicted octanol–water partition coefficient (Wildman–Crippen LogP) is 4.08. The fourth-order valence-electron chi connectivity index (χ4n) is 3.19. The molecule has 1 heterocycles. The number of carbonyl (C=O) groups is 1. The lowest BCUT2D eigenvalue weighted by atomic mass is 9.78. The summed E-state index contributed by atoms with van der Waals surface area (Å²) in [6, 6.07) is 5.76. The molecule has 0 amide bonds. The molecule has 1 aliphatic rings. The molecular formula is C15H14F3NO2. The van der Waals surface area contributed by atoms with Gasteiger partial charge in [0, 0.05) is 10.9 Å². The average molecular weight is 297 g/mol. The zero-order valence-corrected chi connectivity index (χ0v) is 11.1. The molecule has 0 atom stereocenters. The molecule has 1 aromatic carbocycles. The van der Waals surface area contributed by atoms with Gasteiger partial charge in [-0.05, 0) is 36.6 Å². The van der Waals surface area contributed by atoms with Crippen LogP contribution in [0.15, 0.2) is 24.3 Å². The van der Waals surface area contributed by atoms with Crippen LogP contribution in [0, 0.1) is 0 Å². The van der Waals surface area contributed by atoms with Crippen LogP contribution in [-0.4, -0.2) is 16.1 Å². The normalized spacial score (nSPS) is 18.2. The topological polar surface area (TPSA) is 53.1 Å². The molecule has 3 rings (SSSR count). The first-order valence-electron chi connectivity index (χ1n) is 6.77. The van der Waals surface area contributed by atoms with Gasteiger partial charge in [-0.15, -0.1) is 0 Å². The van der Waals surface area contributed by atoms with Crippen LogP contribution in [-0.2, 0) is 16.4 Å². The zero-order chi connectivity index (χ0) is 15.3. The molecular weight excluding hydrogens is 283 g/mol. The van der Waals surface area contributed by atoms with Crippen LogP contribution in [0.4, 0.5) is 13.2 Å². The molecule has 6 heteroatoms. The van der Waals surface area contributed by atoms with Crippen LogP contribution < -0.4 is 0 Å². The van der Waals surface area contributed by atoms with Crippen molar-refractivity contribution in [2.24, 2.45) is 0 Å². The third-order valence-electron chi connectivity index (χ3n) is 4.35. The Labute approximate surface area is 118 Å². The zero-order valence-electron chi connectivity index (χ0n) is 11.1. The van der Waals surface area contributed by atoms with E-state index in [-0.39, 0.29) is 0 Å². The smallest absolute Gasteiger partial charge is 0.431 e. The molecule has 21 heavy (non-hydrogen) atoms. The number of aromatic amines is 1. The second-order valence-corrected chi connectivity index (χ2v) is 5.58. The number of H-pyrrole nitrogens is 1. The van der Waals surface area contributed by atoms with E-state index < -0.39 is 23.3 Å². The van der Waals surface area contributed by atoms with Crippen molar-refractivity contribution in [3.05, 3.63) is 35.5 Å². The first kappa shape index (κ1) is 14.0. The van der Waals surface area contributed by atoms with Crippen LogP contribution in [0.3, 0.4) is 0 Å². The van der Waals surface area contributed by atoms with E-state index in [0.29, 0.717) is 29.3 Å². The van der Waals surface area contributed by atoms with Crippen molar-refractivity contribution in [2.45, 2.75) is 37.3 Å². The molecule has 0 spiro atoms. The molecule has 112 valence electrons. The van der Waals surface area contributed by atoms with E-state index in [4.69, 9.17) is 0 Å². The molecule has 0 radical (unpaired) electrons. The highest BCUT2D eigenvalue weighted by atomic mass is 19.4. The number of hydrogen-bond donors (Lipinski definition) is 2. The number of carboxylic acids is 1. The number of aromatic nitrogens is 1. The molecule has 1 saturated carbocycles. The summed E-state index contributed by atoms with van der Waals surface area (Å²) in [4.78, 5) is 14.0. The Hall–Kier alpha value is -1.98. The maximum Gasteiger partial charge on any atom is 0.431 e. The lowest BCUT2D eigenvalue weighted by Crippen LogP contribution is -2.32. The number of benzene rings is 1. The molecule has 1 aromatic heterocycles. The highest BCUT2D eigenvalue weighted by Crippen LogP contribution is 2.42. The number of hydrogen-bond acceptors (Lipinski definition) is 1. The van der Waals surface area contributed by atoms with Crippen molar-refractivity contribution < 1.29 is 23.1 Å². The molecule has 0 saturated heterocycles. The van der Waals surface area contributed by atoms with Gasteiger partial charge in [0.2, 0.25) is 0 Å². The molecule has 2 aromatic rings. The van der Waals surface area contributed by atoms with E-state index in [1.54, 1.807) is 12.1 Å². The minimum absolute atomic E-state index is 0.365. The Morgan fingerprint density at radius 2 is 1.86 bits per heavy atom. The third-order valence-corrected chi connectivity index (χ3v) is 4.35. The van der Waals surface area contributed by atoms with Crippen LogP contribution in [0.5, 0.6) is 0 Å². The van der Waals surface area contributed by atoms with Gasteiger partial charge in [-0.1, -0.05) is 18.9 Å². The summed E-state index contributed by atoms with van der Waals surface area (Å²) in [7, 11) is 0. The van der Waals surface area contributed by atoms with Crippen molar-refractivity contribution in [1.82, 2.24) is 4.98 Å². The molecule has 3 nitrogen and oxygen atoms in total. The lowest BCUT2D eigenvalue weighted by Gasteiger charge is -2.24. The third kappa shape index (κ3) is 2.18. The van der Waals surface area contributed by atoms with Crippen LogP contribution in [0.1, 0.15) is 36.9 Å². The molecule has 0 aliphatic heterocycles. The monoisotopic (exact) mass is 297 g/mol. The van der Waals surface area contributed by atoms with E-state index >= 15 is 0 Å². The number of fused-ring (bicyclic) bond motifs is 1. The van der Waals surface area contributed by atoms with E-state index in [1.165, 1.54) is 6.07 Å². The summed E-state index contributed by atoms with van der Waals surface area (Å²) >= 11 is 0. The standard InChI is InChI=1S/C15H14F3NO2/c16-15(17,18)12-8-9-7-10(3-4-11(9)19-12)14(13(20)21)5-1-2-6-14/h3-4,7-8,19H,1-2,5-6H2,(H,20,21). The van der Waals surface area contributed by atoms with Gasteiger partial charge in [0.1, 0.15) is 5.69 Å². The van der Waals surface area contributed by atoms with Crippen molar-refractivity contribution in [3.8, 4) is 0 Å².